The Morgan fingerprint density at radius 2 is 1.08 bits per heavy atom. The number of unbranched alkanes of at least 4 members (excludes halogenated alkanes) is 2. The minimum Gasteiger partial charge on any atom is -0.494 e. The fraction of sp³-hybridized carbons (Fsp3) is 0.516. The standard InChI is InChI=1S/C31H27F17N2O3/c1-3-18(2)17-53-23(51)7-5-4-6-16-52-22-14-12-21(13-15-22)50-49-20-10-8-19(9-11-20)24(32,33)25(34,35)26(36,37)27(38,39)28(40,41)29(42,43)30(44,45)31(46,47)48/h3,8-15,18H,1,4-7,16-17H2,2H3. The number of carbonyl (C=O) groups excluding carboxylic acids is 1. The molecule has 0 aliphatic carbocycles. The van der Waals surface area contributed by atoms with Crippen LogP contribution in [0.3, 0.4) is 0 Å². The number of hydrogen-bond acceptors (Lipinski definition) is 5. The van der Waals surface area contributed by atoms with Crippen molar-refractivity contribution in [2.75, 3.05) is 13.2 Å². The maximum absolute atomic E-state index is 14.5. The van der Waals surface area contributed by atoms with Crippen LogP contribution >= 0.6 is 0 Å². The number of alkyl halides is 17. The van der Waals surface area contributed by atoms with Gasteiger partial charge in [-0.2, -0.15) is 84.9 Å². The van der Waals surface area contributed by atoms with Gasteiger partial charge in [0.15, 0.2) is 0 Å². The molecule has 0 heterocycles. The molecule has 0 aliphatic rings. The molecule has 0 amide bonds. The number of halogens is 17. The third kappa shape index (κ3) is 8.98. The van der Waals surface area contributed by atoms with Gasteiger partial charge in [-0.15, -0.1) is 6.58 Å². The Labute approximate surface area is 288 Å². The summed E-state index contributed by atoms with van der Waals surface area (Å²) < 4.78 is 241. The van der Waals surface area contributed by atoms with E-state index in [0.717, 1.165) is 0 Å². The maximum atomic E-state index is 14.5. The second kappa shape index (κ2) is 16.1. The summed E-state index contributed by atoms with van der Waals surface area (Å²) in [5.41, 5.74) is -2.78. The van der Waals surface area contributed by atoms with Crippen molar-refractivity contribution in [2.24, 2.45) is 16.1 Å². The van der Waals surface area contributed by atoms with Gasteiger partial charge in [0.2, 0.25) is 0 Å². The van der Waals surface area contributed by atoms with Gasteiger partial charge in [0.05, 0.1) is 24.6 Å². The Morgan fingerprint density at radius 3 is 1.53 bits per heavy atom. The van der Waals surface area contributed by atoms with E-state index in [1.54, 1.807) is 6.08 Å². The molecule has 0 saturated heterocycles. The first kappa shape index (κ1) is 45.0. The molecule has 2 rings (SSSR count). The Hall–Kier alpha value is -4.14. The minimum atomic E-state index is -8.69. The van der Waals surface area contributed by atoms with Crippen LogP contribution in [0.25, 0.3) is 0 Å². The van der Waals surface area contributed by atoms with Crippen LogP contribution in [-0.4, -0.2) is 60.9 Å². The number of rotatable bonds is 19. The molecule has 22 heteroatoms. The Morgan fingerprint density at radius 1 is 0.642 bits per heavy atom. The fourth-order valence-corrected chi connectivity index (χ4v) is 3.91. The topological polar surface area (TPSA) is 60.2 Å². The molecule has 0 fully saturated rings. The van der Waals surface area contributed by atoms with E-state index in [2.05, 4.69) is 16.8 Å². The fourth-order valence-electron chi connectivity index (χ4n) is 3.91. The lowest BCUT2D eigenvalue weighted by Gasteiger charge is -2.42. The van der Waals surface area contributed by atoms with Gasteiger partial charge in [-0.3, -0.25) is 4.79 Å². The Balaban J connectivity index is 2.10. The monoisotopic (exact) mass is 798 g/mol. The minimum absolute atomic E-state index is 0.0237. The van der Waals surface area contributed by atoms with E-state index in [0.29, 0.717) is 37.1 Å². The molecule has 5 nitrogen and oxygen atoms in total. The molecule has 1 atom stereocenters. The van der Waals surface area contributed by atoms with Crippen LogP contribution in [0.4, 0.5) is 86.0 Å². The molecule has 0 spiro atoms. The molecule has 1 unspecified atom stereocenters. The van der Waals surface area contributed by atoms with Gasteiger partial charge in [-0.05, 0) is 55.7 Å². The van der Waals surface area contributed by atoms with Crippen molar-refractivity contribution in [3.8, 4) is 5.75 Å². The zero-order chi connectivity index (χ0) is 40.9. The summed E-state index contributed by atoms with van der Waals surface area (Å²) in [4.78, 5) is 11.7. The Kier molecular flexibility index (Phi) is 13.7. The molecule has 298 valence electrons. The average Bonchev–Trinajstić information content (AvgIpc) is 3.07. The second-order valence-corrected chi connectivity index (χ2v) is 11.3. The van der Waals surface area contributed by atoms with Crippen molar-refractivity contribution >= 4 is 17.3 Å². The predicted octanol–water partition coefficient (Wildman–Crippen LogP) is 11.9. The molecule has 0 aliphatic heterocycles. The third-order valence-electron chi connectivity index (χ3n) is 7.27. The van der Waals surface area contributed by atoms with Crippen LogP contribution in [0, 0.1) is 5.92 Å². The van der Waals surface area contributed by atoms with Crippen LogP contribution in [-0.2, 0) is 15.5 Å². The number of hydrogen-bond donors (Lipinski definition) is 0. The zero-order valence-corrected chi connectivity index (χ0v) is 26.8. The molecule has 2 aromatic carbocycles. The van der Waals surface area contributed by atoms with Crippen molar-refractivity contribution in [3.05, 3.63) is 66.7 Å². The molecule has 0 aromatic heterocycles. The van der Waals surface area contributed by atoms with Crippen molar-refractivity contribution in [1.29, 1.82) is 0 Å². The molecule has 53 heavy (non-hydrogen) atoms. The van der Waals surface area contributed by atoms with E-state index in [9.17, 15) is 79.4 Å². The van der Waals surface area contributed by atoms with Crippen LogP contribution < -0.4 is 4.74 Å². The molecule has 0 N–H and O–H groups in total. The first-order valence-electron chi connectivity index (χ1n) is 14.8. The first-order chi connectivity index (χ1) is 24.0. The van der Waals surface area contributed by atoms with E-state index in [1.165, 1.54) is 24.3 Å². The van der Waals surface area contributed by atoms with Crippen LogP contribution in [0.2, 0.25) is 0 Å². The molecule has 0 bridgehead atoms. The van der Waals surface area contributed by atoms with Crippen LogP contribution in [0.5, 0.6) is 5.75 Å². The number of nitrogens with zero attached hydrogens (tertiary/aromatic N) is 2. The van der Waals surface area contributed by atoms with E-state index in [-0.39, 0.29) is 49.3 Å². The predicted molar refractivity (Wildman–Crippen MR) is 151 cm³/mol. The summed E-state index contributed by atoms with van der Waals surface area (Å²) >= 11 is 0. The zero-order valence-electron chi connectivity index (χ0n) is 26.8. The normalized spacial score (nSPS) is 14.7. The van der Waals surface area contributed by atoms with Gasteiger partial charge in [-0.1, -0.05) is 25.1 Å². The molecular formula is C31H27F17N2O3. The summed E-state index contributed by atoms with van der Waals surface area (Å²) in [6.45, 7) is 5.89. The largest absolute Gasteiger partial charge is 0.494 e. The van der Waals surface area contributed by atoms with Gasteiger partial charge in [0, 0.05) is 17.9 Å². The molecular weight excluding hydrogens is 771 g/mol. The van der Waals surface area contributed by atoms with Gasteiger partial charge in [0.25, 0.3) is 0 Å². The quantitative estimate of drug-likeness (QED) is 0.0468. The van der Waals surface area contributed by atoms with Gasteiger partial charge in [-0.25, -0.2) is 0 Å². The third-order valence-corrected chi connectivity index (χ3v) is 7.27. The lowest BCUT2D eigenvalue weighted by atomic mass is 9.87. The highest BCUT2D eigenvalue weighted by Crippen LogP contribution is 2.65. The SMILES string of the molecule is C=CC(C)COC(=O)CCCCCOc1ccc(N=Nc2ccc(C(F)(F)C(F)(F)C(F)(F)C(F)(F)C(F)(F)C(F)(F)C(F)(F)C(F)(F)F)cc2)cc1. The molecule has 0 radical (unpaired) electrons. The lowest BCUT2D eigenvalue weighted by Crippen LogP contribution is -2.74. The summed E-state index contributed by atoms with van der Waals surface area (Å²) in [7, 11) is 0. The van der Waals surface area contributed by atoms with Gasteiger partial charge < -0.3 is 9.47 Å². The number of azo groups is 1. The van der Waals surface area contributed by atoms with Crippen molar-refractivity contribution in [3.63, 3.8) is 0 Å². The van der Waals surface area contributed by atoms with Crippen molar-refractivity contribution < 1.29 is 88.9 Å². The van der Waals surface area contributed by atoms with Gasteiger partial charge in [0.1, 0.15) is 5.75 Å². The van der Waals surface area contributed by atoms with E-state index >= 15 is 0 Å². The van der Waals surface area contributed by atoms with Crippen LogP contribution in [0.1, 0.15) is 38.2 Å². The van der Waals surface area contributed by atoms with E-state index in [4.69, 9.17) is 9.47 Å². The first-order valence-corrected chi connectivity index (χ1v) is 14.8. The van der Waals surface area contributed by atoms with E-state index in [1.807, 2.05) is 6.92 Å². The number of ether oxygens (including phenoxy) is 2. The summed E-state index contributed by atoms with van der Waals surface area (Å²) in [6.07, 6.45) is -4.21. The highest BCUT2D eigenvalue weighted by atomic mass is 19.4. The van der Waals surface area contributed by atoms with Crippen molar-refractivity contribution in [1.82, 2.24) is 0 Å². The number of esters is 1. The smallest absolute Gasteiger partial charge is 0.460 e. The molecule has 0 saturated carbocycles. The number of carbonyl (C=O) groups is 1. The highest BCUT2D eigenvalue weighted by Gasteiger charge is 2.95. The maximum Gasteiger partial charge on any atom is 0.460 e. The van der Waals surface area contributed by atoms with E-state index < -0.39 is 58.9 Å². The van der Waals surface area contributed by atoms with Crippen LogP contribution in [0.15, 0.2) is 71.4 Å². The Bertz CT molecular complexity index is 1560. The van der Waals surface area contributed by atoms with Crippen molar-refractivity contribution in [2.45, 2.75) is 80.2 Å². The number of benzene rings is 2. The summed E-state index contributed by atoms with van der Waals surface area (Å²) in [5, 5.41) is 7.17. The summed E-state index contributed by atoms with van der Waals surface area (Å²) in [5.74, 6) is -57.0. The lowest BCUT2D eigenvalue weighted by molar-refractivity contribution is -0.462. The van der Waals surface area contributed by atoms with Gasteiger partial charge >= 0.3 is 53.6 Å². The highest BCUT2D eigenvalue weighted by molar-refractivity contribution is 5.69. The second-order valence-electron chi connectivity index (χ2n) is 11.3. The average molecular weight is 799 g/mol. The molecule has 2 aromatic rings. The summed E-state index contributed by atoms with van der Waals surface area (Å²) in [6, 6.07) is 5.84.